The highest BCUT2D eigenvalue weighted by Gasteiger charge is 2.13. The van der Waals surface area contributed by atoms with Crippen molar-refractivity contribution in [3.63, 3.8) is 0 Å². The van der Waals surface area contributed by atoms with Crippen LogP contribution in [0.15, 0.2) is 54.9 Å². The van der Waals surface area contributed by atoms with Gasteiger partial charge in [0.1, 0.15) is 11.6 Å². The summed E-state index contributed by atoms with van der Waals surface area (Å²) in [5.74, 6) is -0.574. The van der Waals surface area contributed by atoms with Crippen molar-refractivity contribution in [2.75, 3.05) is 0 Å². The summed E-state index contributed by atoms with van der Waals surface area (Å²) in [6, 6.07) is 11.6. The summed E-state index contributed by atoms with van der Waals surface area (Å²) < 4.78 is 20.0. The van der Waals surface area contributed by atoms with Gasteiger partial charge in [-0.3, -0.25) is 0 Å². The molecule has 31 heavy (non-hydrogen) atoms. The third kappa shape index (κ3) is 6.45. The van der Waals surface area contributed by atoms with Gasteiger partial charge in [0.15, 0.2) is 5.82 Å². The Hall–Kier alpha value is -3.08. The first kappa shape index (κ1) is 22.6. The van der Waals surface area contributed by atoms with Crippen LogP contribution in [-0.2, 0) is 12.8 Å². The van der Waals surface area contributed by atoms with Crippen LogP contribution in [0.1, 0.15) is 67.4 Å². The van der Waals surface area contributed by atoms with Crippen molar-refractivity contribution < 1.29 is 13.9 Å². The van der Waals surface area contributed by atoms with Crippen LogP contribution in [0.2, 0.25) is 0 Å². The van der Waals surface area contributed by atoms with E-state index in [9.17, 15) is 9.18 Å². The number of carbonyl (C=O) groups excluding carboxylic acids is 1. The Balaban J connectivity index is 1.64. The van der Waals surface area contributed by atoms with Crippen molar-refractivity contribution in [3.8, 4) is 17.1 Å². The molecule has 0 unspecified atom stereocenters. The smallest absolute Gasteiger partial charge is 0.343 e. The van der Waals surface area contributed by atoms with Crippen LogP contribution in [-0.4, -0.2) is 15.9 Å². The number of unbranched alkanes of at least 4 members (excludes halogenated alkanes) is 3. The zero-order chi connectivity index (χ0) is 22.1. The van der Waals surface area contributed by atoms with E-state index in [0.717, 1.165) is 44.1 Å². The molecule has 0 spiro atoms. The van der Waals surface area contributed by atoms with Gasteiger partial charge in [-0.1, -0.05) is 45.2 Å². The van der Waals surface area contributed by atoms with Gasteiger partial charge < -0.3 is 4.74 Å². The van der Waals surface area contributed by atoms with Crippen molar-refractivity contribution in [2.45, 2.75) is 58.8 Å². The van der Waals surface area contributed by atoms with Gasteiger partial charge in [-0.25, -0.2) is 19.2 Å². The number of halogens is 1. The highest BCUT2D eigenvalue weighted by Crippen LogP contribution is 2.24. The molecule has 0 radical (unpaired) electrons. The molecule has 0 atom stereocenters. The molecule has 0 amide bonds. The summed E-state index contributed by atoms with van der Waals surface area (Å²) in [6.07, 6.45) is 11.1. The molecule has 0 aliphatic heterocycles. The number of rotatable bonds is 10. The lowest BCUT2D eigenvalue weighted by molar-refractivity contribution is 0.0734. The third-order valence-corrected chi connectivity index (χ3v) is 5.17. The number of benzene rings is 2. The van der Waals surface area contributed by atoms with Crippen molar-refractivity contribution in [1.29, 1.82) is 0 Å². The van der Waals surface area contributed by atoms with E-state index in [1.165, 1.54) is 24.1 Å². The molecule has 162 valence electrons. The lowest BCUT2D eigenvalue weighted by Gasteiger charge is -2.08. The molecule has 1 heterocycles. The lowest BCUT2D eigenvalue weighted by atomic mass is 10.1. The van der Waals surface area contributed by atoms with Gasteiger partial charge in [-0.05, 0) is 61.1 Å². The first-order valence-electron chi connectivity index (χ1n) is 11.0. The maximum atomic E-state index is 14.6. The van der Waals surface area contributed by atoms with Gasteiger partial charge in [-0.2, -0.15) is 0 Å². The van der Waals surface area contributed by atoms with Gasteiger partial charge in [-0.15, -0.1) is 0 Å². The van der Waals surface area contributed by atoms with Crippen molar-refractivity contribution in [2.24, 2.45) is 0 Å². The summed E-state index contributed by atoms with van der Waals surface area (Å²) in [7, 11) is 0. The molecule has 0 aliphatic rings. The number of hydrogen-bond acceptors (Lipinski definition) is 4. The van der Waals surface area contributed by atoms with E-state index in [1.807, 2.05) is 12.1 Å². The molecule has 5 heteroatoms. The maximum Gasteiger partial charge on any atom is 0.343 e. The monoisotopic (exact) mass is 420 g/mol. The SMILES string of the molecule is CCCCCc1cnc(-c2ccc(OC(=O)c3ccc(CCCC)cc3)cc2F)nc1. The van der Waals surface area contributed by atoms with Crippen LogP contribution in [0, 0.1) is 5.82 Å². The molecule has 0 aliphatic carbocycles. The summed E-state index contributed by atoms with van der Waals surface area (Å²) in [6.45, 7) is 4.31. The number of aromatic nitrogens is 2. The number of ether oxygens (including phenoxy) is 1. The zero-order valence-corrected chi connectivity index (χ0v) is 18.2. The molecule has 0 saturated heterocycles. The fourth-order valence-corrected chi connectivity index (χ4v) is 3.30. The van der Waals surface area contributed by atoms with Gasteiger partial charge in [0, 0.05) is 18.5 Å². The highest BCUT2D eigenvalue weighted by atomic mass is 19.1. The van der Waals surface area contributed by atoms with E-state index < -0.39 is 11.8 Å². The van der Waals surface area contributed by atoms with Gasteiger partial charge in [0.05, 0.1) is 11.1 Å². The first-order valence-corrected chi connectivity index (χ1v) is 11.0. The molecule has 0 saturated carbocycles. The van der Waals surface area contributed by atoms with Crippen LogP contribution < -0.4 is 4.74 Å². The second-order valence-corrected chi connectivity index (χ2v) is 7.70. The fraction of sp³-hybridized carbons (Fsp3) is 0.346. The molecule has 0 N–H and O–H groups in total. The van der Waals surface area contributed by atoms with E-state index in [0.29, 0.717) is 11.4 Å². The van der Waals surface area contributed by atoms with Crippen molar-refractivity contribution >= 4 is 5.97 Å². The Kier molecular flexibility index (Phi) is 8.27. The molecule has 4 nitrogen and oxygen atoms in total. The minimum Gasteiger partial charge on any atom is -0.423 e. The van der Waals surface area contributed by atoms with Crippen molar-refractivity contribution in [1.82, 2.24) is 9.97 Å². The molecule has 3 rings (SSSR count). The number of carbonyl (C=O) groups is 1. The van der Waals surface area contributed by atoms with E-state index in [4.69, 9.17) is 4.74 Å². The minimum absolute atomic E-state index is 0.150. The molecule has 3 aromatic rings. The van der Waals surface area contributed by atoms with Crippen molar-refractivity contribution in [3.05, 3.63) is 77.4 Å². The Bertz CT molecular complexity index is 985. The summed E-state index contributed by atoms with van der Waals surface area (Å²) in [4.78, 5) is 21.0. The van der Waals surface area contributed by atoms with E-state index in [-0.39, 0.29) is 11.3 Å². The molecular formula is C26H29FN2O2. The zero-order valence-electron chi connectivity index (χ0n) is 18.2. The topological polar surface area (TPSA) is 52.1 Å². The van der Waals surface area contributed by atoms with Crippen LogP contribution in [0.25, 0.3) is 11.4 Å². The molecule has 0 bridgehead atoms. The minimum atomic E-state index is -0.529. The Morgan fingerprint density at radius 2 is 1.55 bits per heavy atom. The summed E-state index contributed by atoms with van der Waals surface area (Å²) in [5, 5.41) is 0. The van der Waals surface area contributed by atoms with Crippen LogP contribution in [0.4, 0.5) is 4.39 Å². The Morgan fingerprint density at radius 1 is 0.871 bits per heavy atom. The summed E-state index contributed by atoms with van der Waals surface area (Å²) in [5.41, 5.74) is 2.95. The molecule has 0 fully saturated rings. The predicted molar refractivity (Wildman–Crippen MR) is 121 cm³/mol. The van der Waals surface area contributed by atoms with Gasteiger partial charge >= 0.3 is 5.97 Å². The largest absolute Gasteiger partial charge is 0.423 e. The van der Waals surface area contributed by atoms with Crippen LogP contribution in [0.3, 0.4) is 0 Å². The summed E-state index contributed by atoms with van der Waals surface area (Å²) >= 11 is 0. The molecule has 1 aromatic heterocycles. The van der Waals surface area contributed by atoms with E-state index >= 15 is 0 Å². The number of esters is 1. The Labute approximate surface area is 183 Å². The van der Waals surface area contributed by atoms with Gasteiger partial charge in [0.25, 0.3) is 0 Å². The molecule has 2 aromatic carbocycles. The predicted octanol–water partition coefficient (Wildman–Crippen LogP) is 6.58. The van der Waals surface area contributed by atoms with E-state index in [1.54, 1.807) is 30.6 Å². The standard InChI is InChI=1S/C26H29FN2O2/c1-3-5-7-9-20-17-28-25(29-18-20)23-15-14-22(16-24(23)27)31-26(30)21-12-10-19(11-13-21)8-6-4-2/h10-18H,3-9H2,1-2H3. The average molecular weight is 421 g/mol. The quantitative estimate of drug-likeness (QED) is 0.211. The second-order valence-electron chi connectivity index (χ2n) is 7.70. The first-order chi connectivity index (χ1) is 15.1. The number of aryl methyl sites for hydroxylation is 2. The number of nitrogens with zero attached hydrogens (tertiary/aromatic N) is 2. The Morgan fingerprint density at radius 3 is 2.19 bits per heavy atom. The van der Waals surface area contributed by atoms with Gasteiger partial charge in [0.2, 0.25) is 0 Å². The second kappa shape index (κ2) is 11.3. The normalized spacial score (nSPS) is 10.8. The maximum absolute atomic E-state index is 14.6. The molecular weight excluding hydrogens is 391 g/mol. The van der Waals surface area contributed by atoms with E-state index in [2.05, 4.69) is 23.8 Å². The van der Waals surface area contributed by atoms with Crippen LogP contribution in [0.5, 0.6) is 5.75 Å². The third-order valence-electron chi connectivity index (χ3n) is 5.17. The number of hydrogen-bond donors (Lipinski definition) is 0. The fourth-order valence-electron chi connectivity index (χ4n) is 3.30. The average Bonchev–Trinajstić information content (AvgIpc) is 2.79. The van der Waals surface area contributed by atoms with Crippen LogP contribution >= 0.6 is 0 Å². The lowest BCUT2D eigenvalue weighted by Crippen LogP contribution is -2.08. The highest BCUT2D eigenvalue weighted by molar-refractivity contribution is 5.91.